The van der Waals surface area contributed by atoms with Crippen molar-refractivity contribution in [3.05, 3.63) is 48.0 Å². The summed E-state index contributed by atoms with van der Waals surface area (Å²) in [5, 5.41) is 24.9. The first-order valence-corrected chi connectivity index (χ1v) is 16.8. The van der Waals surface area contributed by atoms with Crippen LogP contribution in [-0.2, 0) is 9.47 Å². The fourth-order valence-electron chi connectivity index (χ4n) is 5.39. The smallest absolute Gasteiger partial charge is 0.135 e. The fourth-order valence-corrected chi connectivity index (χ4v) is 5.39. The number of aliphatic hydroxyl groups excluding tert-OH is 2. The number of benzene rings is 3. The van der Waals surface area contributed by atoms with Gasteiger partial charge >= 0.3 is 0 Å². The number of fused-ring (bicyclic) bond motifs is 2. The number of hydrogen-bond donors (Lipinski definition) is 2. The van der Waals surface area contributed by atoms with Crippen molar-refractivity contribution in [3.8, 4) is 11.5 Å². The minimum absolute atomic E-state index is 0.137. The fraction of sp³-hybridized carbons (Fsp3) is 0.622. The zero-order valence-electron chi connectivity index (χ0n) is 27.0. The summed E-state index contributed by atoms with van der Waals surface area (Å²) in [6.07, 6.45) is 13.1. The van der Waals surface area contributed by atoms with E-state index in [1.54, 1.807) is 0 Å². The molecule has 0 saturated heterocycles. The van der Waals surface area contributed by atoms with Gasteiger partial charge in [-0.25, -0.2) is 0 Å². The van der Waals surface area contributed by atoms with E-state index >= 15 is 0 Å². The molecule has 0 heterocycles. The highest BCUT2D eigenvalue weighted by Gasteiger charge is 2.18. The van der Waals surface area contributed by atoms with Gasteiger partial charge in [0.2, 0.25) is 0 Å². The molecule has 0 aliphatic rings. The van der Waals surface area contributed by atoms with Crippen molar-refractivity contribution in [3.63, 3.8) is 0 Å². The average Bonchev–Trinajstić information content (AvgIpc) is 3.01. The van der Waals surface area contributed by atoms with Crippen molar-refractivity contribution in [1.29, 1.82) is 0 Å². The second-order valence-corrected chi connectivity index (χ2v) is 11.9. The van der Waals surface area contributed by atoms with Gasteiger partial charge in [-0.3, -0.25) is 0 Å². The van der Waals surface area contributed by atoms with E-state index in [4.69, 9.17) is 18.9 Å². The molecule has 6 heteroatoms. The van der Waals surface area contributed by atoms with Gasteiger partial charge in [0.15, 0.2) is 0 Å². The van der Waals surface area contributed by atoms with E-state index in [1.807, 2.05) is 30.3 Å². The Hall–Kier alpha value is -2.38. The summed E-state index contributed by atoms with van der Waals surface area (Å²) < 4.78 is 24.1. The zero-order valence-corrected chi connectivity index (χ0v) is 27.0. The molecule has 3 rings (SSSR count). The number of ether oxygens (including phenoxy) is 4. The first-order valence-electron chi connectivity index (χ1n) is 16.8. The van der Waals surface area contributed by atoms with Gasteiger partial charge in [0, 0.05) is 34.8 Å². The molecule has 2 N–H and O–H groups in total. The largest absolute Gasteiger partial charge is 0.489 e. The lowest BCUT2D eigenvalue weighted by Gasteiger charge is -2.20. The molecule has 0 radical (unpaired) electrons. The molecule has 0 fully saturated rings. The summed E-state index contributed by atoms with van der Waals surface area (Å²) in [5.41, 5.74) is 1.10. The van der Waals surface area contributed by atoms with E-state index in [0.717, 1.165) is 51.4 Å². The van der Waals surface area contributed by atoms with Crippen LogP contribution in [0.3, 0.4) is 0 Å². The van der Waals surface area contributed by atoms with Crippen LogP contribution in [0.4, 0.5) is 0 Å². The molecule has 0 aromatic heterocycles. The van der Waals surface area contributed by atoms with E-state index in [1.165, 1.54) is 64.2 Å². The Balaban J connectivity index is 1.59. The number of rotatable bonds is 24. The summed E-state index contributed by atoms with van der Waals surface area (Å²) in [5.74, 6) is 1.44. The monoisotopic (exact) mass is 596 g/mol. The Labute approximate surface area is 259 Å². The molecular weight excluding hydrogens is 540 g/mol. The number of aryl methyl sites for hydroxylation is 1. The van der Waals surface area contributed by atoms with Crippen molar-refractivity contribution in [1.82, 2.24) is 0 Å². The average molecular weight is 597 g/mol. The van der Waals surface area contributed by atoms with Crippen LogP contribution in [0.25, 0.3) is 21.5 Å². The molecule has 240 valence electrons. The van der Waals surface area contributed by atoms with Crippen LogP contribution in [-0.4, -0.2) is 62.1 Å². The van der Waals surface area contributed by atoms with Gasteiger partial charge in [-0.15, -0.1) is 0 Å². The lowest BCUT2D eigenvalue weighted by Crippen LogP contribution is -2.24. The van der Waals surface area contributed by atoms with Gasteiger partial charge in [0.05, 0.1) is 13.2 Å². The Morgan fingerprint density at radius 1 is 0.535 bits per heavy atom. The highest BCUT2D eigenvalue weighted by Crippen LogP contribution is 2.43. The van der Waals surface area contributed by atoms with Crippen molar-refractivity contribution in [2.75, 3.05) is 39.6 Å². The Bertz CT molecular complexity index is 1180. The third kappa shape index (κ3) is 12.3. The summed E-state index contributed by atoms with van der Waals surface area (Å²) in [4.78, 5) is 0. The molecule has 0 aliphatic carbocycles. The van der Waals surface area contributed by atoms with Crippen LogP contribution < -0.4 is 9.47 Å². The van der Waals surface area contributed by atoms with Crippen LogP contribution in [0.15, 0.2) is 42.5 Å². The molecular formula is C37H56O6. The molecule has 0 saturated carbocycles. The minimum Gasteiger partial charge on any atom is -0.489 e. The van der Waals surface area contributed by atoms with Crippen LogP contribution in [0.5, 0.6) is 11.5 Å². The molecule has 0 amide bonds. The van der Waals surface area contributed by atoms with Crippen LogP contribution in [0.1, 0.15) is 96.5 Å². The van der Waals surface area contributed by atoms with Gasteiger partial charge in [0.25, 0.3) is 0 Å². The number of unbranched alkanes of at least 4 members (excludes halogenated alkanes) is 10. The molecule has 43 heavy (non-hydrogen) atoms. The molecule has 0 aliphatic heterocycles. The molecule has 0 spiro atoms. The van der Waals surface area contributed by atoms with E-state index in [0.29, 0.717) is 13.2 Å². The maximum absolute atomic E-state index is 10.6. The first-order chi connectivity index (χ1) is 21.0. The van der Waals surface area contributed by atoms with Gasteiger partial charge < -0.3 is 29.2 Å². The molecule has 6 nitrogen and oxygen atoms in total. The third-order valence-corrected chi connectivity index (χ3v) is 7.83. The molecule has 2 unspecified atom stereocenters. The van der Waals surface area contributed by atoms with Gasteiger partial charge in [-0.2, -0.15) is 0 Å². The second-order valence-electron chi connectivity index (χ2n) is 11.9. The van der Waals surface area contributed by atoms with Crippen LogP contribution in [0.2, 0.25) is 0 Å². The zero-order chi connectivity index (χ0) is 30.7. The van der Waals surface area contributed by atoms with Crippen molar-refractivity contribution < 1.29 is 29.2 Å². The Morgan fingerprint density at radius 3 is 1.49 bits per heavy atom. The first kappa shape index (κ1) is 35.1. The van der Waals surface area contributed by atoms with Crippen molar-refractivity contribution in [2.24, 2.45) is 0 Å². The topological polar surface area (TPSA) is 77.4 Å². The molecule has 3 aromatic rings. The summed E-state index contributed by atoms with van der Waals surface area (Å²) in [6, 6.07) is 14.2. The summed E-state index contributed by atoms with van der Waals surface area (Å²) in [7, 11) is 0. The SMILES string of the molecule is CCCCCCCCOCC(O)COc1c2ccccc2c(OCC(O)COCCCCCCCC)c2cc(C)ccc12. The van der Waals surface area contributed by atoms with Crippen molar-refractivity contribution in [2.45, 2.75) is 110 Å². The highest BCUT2D eigenvalue weighted by molar-refractivity contribution is 6.11. The van der Waals surface area contributed by atoms with Gasteiger partial charge in [-0.1, -0.05) is 120 Å². The normalized spacial score (nSPS) is 13.0. The predicted octanol–water partition coefficient (Wildman–Crippen LogP) is 8.54. The lowest BCUT2D eigenvalue weighted by molar-refractivity contribution is 0.0111. The third-order valence-electron chi connectivity index (χ3n) is 7.83. The maximum atomic E-state index is 10.6. The van der Waals surface area contributed by atoms with E-state index < -0.39 is 12.2 Å². The minimum atomic E-state index is -0.721. The standard InChI is InChI=1S/C37H56O6/c1-4-6-8-10-12-16-22-40-25-30(38)27-42-36-32-18-14-15-19-33(32)37(35-24-29(3)20-21-34(35)36)43-28-31(39)26-41-23-17-13-11-9-7-5-2/h14-15,18-21,24,30-31,38-39H,4-13,16-17,22-23,25-28H2,1-3H3. The predicted molar refractivity (Wildman–Crippen MR) is 178 cm³/mol. The van der Waals surface area contributed by atoms with Gasteiger partial charge in [-0.05, 0) is 25.8 Å². The van der Waals surface area contributed by atoms with Crippen molar-refractivity contribution >= 4 is 21.5 Å². The Morgan fingerprint density at radius 2 is 0.977 bits per heavy atom. The van der Waals surface area contributed by atoms with Crippen LogP contribution >= 0.6 is 0 Å². The summed E-state index contributed by atoms with van der Waals surface area (Å²) >= 11 is 0. The molecule has 0 bridgehead atoms. The maximum Gasteiger partial charge on any atom is 0.135 e. The quantitative estimate of drug-likeness (QED) is 0.0797. The molecule has 3 aromatic carbocycles. The van der Waals surface area contributed by atoms with E-state index in [9.17, 15) is 10.2 Å². The van der Waals surface area contributed by atoms with E-state index in [-0.39, 0.29) is 26.4 Å². The lowest BCUT2D eigenvalue weighted by atomic mass is 9.99. The van der Waals surface area contributed by atoms with E-state index in [2.05, 4.69) is 32.9 Å². The number of hydrogen-bond acceptors (Lipinski definition) is 6. The van der Waals surface area contributed by atoms with Gasteiger partial charge in [0.1, 0.15) is 36.9 Å². The Kier molecular flexibility index (Phi) is 16.8. The number of aliphatic hydroxyl groups is 2. The summed E-state index contributed by atoms with van der Waals surface area (Å²) in [6.45, 7) is 8.61. The molecule has 2 atom stereocenters. The van der Waals surface area contributed by atoms with Crippen LogP contribution in [0, 0.1) is 6.92 Å². The second kappa shape index (κ2) is 20.6. The highest BCUT2D eigenvalue weighted by atomic mass is 16.5.